The van der Waals surface area contributed by atoms with Crippen LogP contribution in [0.4, 0.5) is 0 Å². The maximum Gasteiger partial charge on any atom is 0.242 e. The molecule has 2 aromatic rings. The van der Waals surface area contributed by atoms with E-state index in [-0.39, 0.29) is 5.91 Å². The maximum absolute atomic E-state index is 12.5. The van der Waals surface area contributed by atoms with Crippen molar-refractivity contribution in [2.24, 2.45) is 0 Å². The van der Waals surface area contributed by atoms with E-state index in [2.05, 4.69) is 12.1 Å². The van der Waals surface area contributed by atoms with Gasteiger partial charge in [0, 0.05) is 36.5 Å². The zero-order chi connectivity index (χ0) is 16.4. The molecule has 1 amide bonds. The lowest BCUT2D eigenvalue weighted by atomic mass is 10.1. The van der Waals surface area contributed by atoms with Crippen molar-refractivity contribution in [3.05, 3.63) is 48.3 Å². The number of thioether (sulfide) groups is 1. The van der Waals surface area contributed by atoms with Crippen LogP contribution in [0.5, 0.6) is 11.5 Å². The molecule has 1 aromatic heterocycles. The summed E-state index contributed by atoms with van der Waals surface area (Å²) in [6.07, 6.45) is 4.82. The van der Waals surface area contributed by atoms with Gasteiger partial charge in [0.05, 0.1) is 0 Å². The summed E-state index contributed by atoms with van der Waals surface area (Å²) in [6, 6.07) is 10.1. The largest absolute Gasteiger partial charge is 0.454 e. The summed E-state index contributed by atoms with van der Waals surface area (Å²) in [4.78, 5) is 14.5. The summed E-state index contributed by atoms with van der Waals surface area (Å²) in [6.45, 7) is 2.34. The number of aromatic nitrogens is 1. The van der Waals surface area contributed by atoms with Gasteiger partial charge in [-0.05, 0) is 36.2 Å². The van der Waals surface area contributed by atoms with Crippen LogP contribution in [-0.2, 0) is 11.3 Å². The molecule has 0 radical (unpaired) electrons. The maximum atomic E-state index is 12.5. The average molecular weight is 344 g/mol. The Balaban J connectivity index is 1.40. The molecule has 1 aromatic carbocycles. The smallest absolute Gasteiger partial charge is 0.242 e. The lowest BCUT2D eigenvalue weighted by Gasteiger charge is -2.20. The second-order valence-electron chi connectivity index (χ2n) is 6.00. The molecule has 24 heavy (non-hydrogen) atoms. The van der Waals surface area contributed by atoms with Crippen LogP contribution < -0.4 is 9.47 Å². The predicted octanol–water partition coefficient (Wildman–Crippen LogP) is 2.92. The van der Waals surface area contributed by atoms with Crippen LogP contribution in [0.2, 0.25) is 0 Å². The molecule has 0 bridgehead atoms. The fourth-order valence-electron chi connectivity index (χ4n) is 3.13. The highest BCUT2D eigenvalue weighted by atomic mass is 32.2. The first-order valence-corrected chi connectivity index (χ1v) is 9.24. The summed E-state index contributed by atoms with van der Waals surface area (Å²) in [5, 5.41) is 0.392. The zero-order valence-corrected chi connectivity index (χ0v) is 14.2. The minimum absolute atomic E-state index is 0.193. The Morgan fingerprint density at radius 1 is 1.17 bits per heavy atom. The standard InChI is InChI=1S/C18H20N2O3S/c21-18(12-19-6-1-2-7-19)20-8-5-17(24-10-9-20)14-3-4-15-16(11-14)23-13-22-15/h1-4,6-7,11,17H,5,8-10,12-13H2. The van der Waals surface area contributed by atoms with Crippen molar-refractivity contribution in [2.45, 2.75) is 18.2 Å². The Labute approximate surface area is 145 Å². The fraction of sp³-hybridized carbons (Fsp3) is 0.389. The summed E-state index contributed by atoms with van der Waals surface area (Å²) < 4.78 is 12.8. The quantitative estimate of drug-likeness (QED) is 0.859. The second kappa shape index (κ2) is 6.81. The summed E-state index contributed by atoms with van der Waals surface area (Å²) in [5.74, 6) is 2.80. The van der Waals surface area contributed by atoms with E-state index >= 15 is 0 Å². The number of nitrogens with zero attached hydrogens (tertiary/aromatic N) is 2. The predicted molar refractivity (Wildman–Crippen MR) is 93.4 cm³/mol. The molecule has 0 spiro atoms. The average Bonchev–Trinajstić information content (AvgIpc) is 3.20. The molecule has 1 unspecified atom stereocenters. The van der Waals surface area contributed by atoms with Crippen molar-refractivity contribution in [3.63, 3.8) is 0 Å². The van der Waals surface area contributed by atoms with Gasteiger partial charge < -0.3 is 18.9 Å². The van der Waals surface area contributed by atoms with Crippen molar-refractivity contribution in [1.82, 2.24) is 9.47 Å². The normalized spacial score (nSPS) is 20.0. The Morgan fingerprint density at radius 2 is 2.00 bits per heavy atom. The van der Waals surface area contributed by atoms with Crippen molar-refractivity contribution in [2.75, 3.05) is 25.6 Å². The minimum Gasteiger partial charge on any atom is -0.454 e. The number of rotatable bonds is 3. The van der Waals surface area contributed by atoms with Crippen LogP contribution in [0.25, 0.3) is 0 Å². The van der Waals surface area contributed by atoms with Gasteiger partial charge in [-0.2, -0.15) is 11.8 Å². The number of hydrogen-bond acceptors (Lipinski definition) is 4. The van der Waals surface area contributed by atoms with E-state index < -0.39 is 0 Å². The van der Waals surface area contributed by atoms with Gasteiger partial charge in [0.1, 0.15) is 6.54 Å². The van der Waals surface area contributed by atoms with Crippen LogP contribution >= 0.6 is 11.8 Å². The van der Waals surface area contributed by atoms with E-state index in [1.807, 2.05) is 51.8 Å². The Kier molecular flexibility index (Phi) is 4.38. The van der Waals surface area contributed by atoms with Crippen LogP contribution in [0.15, 0.2) is 42.7 Å². The van der Waals surface area contributed by atoms with Crippen LogP contribution in [-0.4, -0.2) is 41.0 Å². The molecule has 6 heteroatoms. The van der Waals surface area contributed by atoms with E-state index in [1.54, 1.807) is 0 Å². The molecular weight excluding hydrogens is 324 g/mol. The molecule has 1 atom stereocenters. The molecule has 0 N–H and O–H groups in total. The van der Waals surface area contributed by atoms with Gasteiger partial charge in [0.25, 0.3) is 0 Å². The van der Waals surface area contributed by atoms with E-state index in [1.165, 1.54) is 5.56 Å². The molecule has 1 fully saturated rings. The van der Waals surface area contributed by atoms with Crippen LogP contribution in [0.3, 0.4) is 0 Å². The third-order valence-electron chi connectivity index (χ3n) is 4.45. The van der Waals surface area contributed by atoms with E-state index in [0.29, 0.717) is 18.6 Å². The lowest BCUT2D eigenvalue weighted by Crippen LogP contribution is -2.35. The molecular formula is C18H20N2O3S. The third kappa shape index (κ3) is 3.24. The Bertz CT molecular complexity index is 717. The number of ether oxygens (including phenoxy) is 2. The summed E-state index contributed by atoms with van der Waals surface area (Å²) in [5.41, 5.74) is 1.25. The van der Waals surface area contributed by atoms with Gasteiger partial charge in [-0.25, -0.2) is 0 Å². The molecule has 2 aliphatic heterocycles. The molecule has 0 saturated carbocycles. The molecule has 3 heterocycles. The summed E-state index contributed by atoms with van der Waals surface area (Å²) in [7, 11) is 0. The summed E-state index contributed by atoms with van der Waals surface area (Å²) >= 11 is 1.91. The lowest BCUT2D eigenvalue weighted by molar-refractivity contribution is -0.131. The van der Waals surface area contributed by atoms with E-state index in [9.17, 15) is 4.79 Å². The first kappa shape index (κ1) is 15.4. The monoisotopic (exact) mass is 344 g/mol. The van der Waals surface area contributed by atoms with Crippen molar-refractivity contribution < 1.29 is 14.3 Å². The number of carbonyl (C=O) groups excluding carboxylic acids is 1. The molecule has 2 aliphatic rings. The SMILES string of the molecule is O=C(Cn1cccc1)N1CCSC(c2ccc3c(c2)OCO3)CC1. The van der Waals surface area contributed by atoms with Gasteiger partial charge in [0.15, 0.2) is 11.5 Å². The van der Waals surface area contributed by atoms with Crippen molar-refractivity contribution >= 4 is 17.7 Å². The zero-order valence-electron chi connectivity index (χ0n) is 13.4. The van der Waals surface area contributed by atoms with E-state index in [4.69, 9.17) is 9.47 Å². The fourth-order valence-corrected chi connectivity index (χ4v) is 4.35. The molecule has 1 saturated heterocycles. The first-order chi connectivity index (χ1) is 11.8. The molecule has 5 nitrogen and oxygen atoms in total. The highest BCUT2D eigenvalue weighted by Gasteiger charge is 2.24. The third-order valence-corrected chi connectivity index (χ3v) is 5.78. The molecule has 4 rings (SSSR count). The highest BCUT2D eigenvalue weighted by Crippen LogP contribution is 2.40. The van der Waals surface area contributed by atoms with Gasteiger partial charge in [-0.3, -0.25) is 4.79 Å². The molecule has 0 aliphatic carbocycles. The number of benzene rings is 1. The van der Waals surface area contributed by atoms with Gasteiger partial charge >= 0.3 is 0 Å². The van der Waals surface area contributed by atoms with Gasteiger partial charge in [-0.15, -0.1) is 0 Å². The number of hydrogen-bond donors (Lipinski definition) is 0. The number of carbonyl (C=O) groups is 1. The van der Waals surface area contributed by atoms with Crippen LogP contribution in [0.1, 0.15) is 17.2 Å². The molecule has 126 valence electrons. The topological polar surface area (TPSA) is 43.7 Å². The van der Waals surface area contributed by atoms with Crippen LogP contribution in [0, 0.1) is 0 Å². The number of fused-ring (bicyclic) bond motifs is 1. The second-order valence-corrected chi connectivity index (χ2v) is 7.31. The Morgan fingerprint density at radius 3 is 2.88 bits per heavy atom. The minimum atomic E-state index is 0.193. The van der Waals surface area contributed by atoms with Crippen molar-refractivity contribution in [3.8, 4) is 11.5 Å². The number of amides is 1. The first-order valence-electron chi connectivity index (χ1n) is 8.19. The van der Waals surface area contributed by atoms with Crippen molar-refractivity contribution in [1.29, 1.82) is 0 Å². The highest BCUT2D eigenvalue weighted by molar-refractivity contribution is 7.99. The Hall–Kier alpha value is -2.08. The van der Waals surface area contributed by atoms with Gasteiger partial charge in [-0.1, -0.05) is 6.07 Å². The van der Waals surface area contributed by atoms with Gasteiger partial charge in [0.2, 0.25) is 12.7 Å². The van der Waals surface area contributed by atoms with E-state index in [0.717, 1.165) is 36.8 Å².